The molecule has 0 radical (unpaired) electrons. The van der Waals surface area contributed by atoms with Crippen molar-refractivity contribution in [2.45, 2.75) is 6.92 Å². The van der Waals surface area contributed by atoms with Gasteiger partial charge in [-0.15, -0.1) is 0 Å². The Labute approximate surface area is 118 Å². The first-order valence-corrected chi connectivity index (χ1v) is 8.14. The molecule has 0 aliphatic rings. The first-order chi connectivity index (χ1) is 9.44. The highest BCUT2D eigenvalue weighted by atomic mass is 32.2. The molecule has 0 saturated heterocycles. The average Bonchev–Trinajstić information content (AvgIpc) is 2.43. The standard InChI is InChI=1S/C13H19NO5S/c1-2-20(17,18)10-8-14-7-9-19-12-5-3-11(4-6-12)13(15)16/h3-6,14H,2,7-10H2,1H3,(H,15,16). The highest BCUT2D eigenvalue weighted by Crippen LogP contribution is 2.11. The molecule has 0 fully saturated rings. The number of carbonyl (C=O) groups is 1. The molecule has 112 valence electrons. The number of aromatic carboxylic acids is 1. The molecule has 0 aromatic heterocycles. The van der Waals surface area contributed by atoms with E-state index in [0.717, 1.165) is 0 Å². The molecule has 7 heteroatoms. The molecule has 0 heterocycles. The number of nitrogens with one attached hydrogen (secondary N) is 1. The van der Waals surface area contributed by atoms with Crippen molar-refractivity contribution in [3.8, 4) is 5.75 Å². The van der Waals surface area contributed by atoms with Crippen LogP contribution in [0.2, 0.25) is 0 Å². The Balaban J connectivity index is 2.20. The van der Waals surface area contributed by atoms with Crippen LogP contribution in [0.3, 0.4) is 0 Å². The van der Waals surface area contributed by atoms with E-state index in [2.05, 4.69) is 5.32 Å². The minimum Gasteiger partial charge on any atom is -0.492 e. The van der Waals surface area contributed by atoms with Crippen LogP contribution < -0.4 is 10.1 Å². The van der Waals surface area contributed by atoms with Crippen molar-refractivity contribution in [3.63, 3.8) is 0 Å². The molecule has 0 spiro atoms. The predicted octanol–water partition coefficient (Wildman–Crippen LogP) is 0.788. The van der Waals surface area contributed by atoms with Gasteiger partial charge in [0, 0.05) is 18.8 Å². The fourth-order valence-electron chi connectivity index (χ4n) is 1.43. The van der Waals surface area contributed by atoms with Crippen LogP contribution in [0.4, 0.5) is 0 Å². The number of hydrogen-bond donors (Lipinski definition) is 2. The van der Waals surface area contributed by atoms with Crippen LogP contribution in [0.1, 0.15) is 17.3 Å². The average molecular weight is 301 g/mol. The molecule has 0 amide bonds. The van der Waals surface area contributed by atoms with Crippen LogP contribution in [0, 0.1) is 0 Å². The van der Waals surface area contributed by atoms with Crippen LogP contribution in [-0.2, 0) is 9.84 Å². The van der Waals surface area contributed by atoms with Crippen LogP contribution in [0.5, 0.6) is 5.75 Å². The molecular formula is C13H19NO5S. The molecule has 1 rings (SSSR count). The Bertz CT molecular complexity index is 524. The van der Waals surface area contributed by atoms with Crippen molar-refractivity contribution in [2.24, 2.45) is 0 Å². The van der Waals surface area contributed by atoms with E-state index in [4.69, 9.17) is 9.84 Å². The van der Waals surface area contributed by atoms with Gasteiger partial charge in [0.05, 0.1) is 11.3 Å². The van der Waals surface area contributed by atoms with Crippen molar-refractivity contribution in [2.75, 3.05) is 31.2 Å². The summed E-state index contributed by atoms with van der Waals surface area (Å²) in [6.45, 7) is 2.94. The molecule has 0 aliphatic heterocycles. The summed E-state index contributed by atoms with van der Waals surface area (Å²) in [5.41, 5.74) is 0.209. The van der Waals surface area contributed by atoms with Crippen LogP contribution in [-0.4, -0.2) is 50.7 Å². The molecular weight excluding hydrogens is 282 g/mol. The zero-order chi connectivity index (χ0) is 15.0. The third-order valence-corrected chi connectivity index (χ3v) is 4.38. The second kappa shape index (κ2) is 7.86. The molecule has 0 atom stereocenters. The van der Waals surface area contributed by atoms with Crippen LogP contribution in [0.15, 0.2) is 24.3 Å². The lowest BCUT2D eigenvalue weighted by molar-refractivity contribution is 0.0697. The second-order valence-electron chi connectivity index (χ2n) is 4.16. The van der Waals surface area contributed by atoms with Crippen molar-refractivity contribution in [1.82, 2.24) is 5.32 Å². The van der Waals surface area contributed by atoms with Gasteiger partial charge in [0.15, 0.2) is 9.84 Å². The molecule has 0 aliphatic carbocycles. The van der Waals surface area contributed by atoms with Crippen molar-refractivity contribution < 1.29 is 23.1 Å². The Morgan fingerprint density at radius 3 is 2.45 bits per heavy atom. The molecule has 0 bridgehead atoms. The summed E-state index contributed by atoms with van der Waals surface area (Å²) in [5, 5.41) is 11.7. The Hall–Kier alpha value is -1.60. The summed E-state index contributed by atoms with van der Waals surface area (Å²) in [6, 6.07) is 6.12. The van der Waals surface area contributed by atoms with E-state index in [1.807, 2.05) is 0 Å². The van der Waals surface area contributed by atoms with E-state index in [-0.39, 0.29) is 17.1 Å². The normalized spacial score (nSPS) is 11.2. The first-order valence-electron chi connectivity index (χ1n) is 6.32. The number of sulfone groups is 1. The highest BCUT2D eigenvalue weighted by molar-refractivity contribution is 7.91. The summed E-state index contributed by atoms with van der Waals surface area (Å²) >= 11 is 0. The van der Waals surface area contributed by atoms with Crippen LogP contribution >= 0.6 is 0 Å². The fraction of sp³-hybridized carbons (Fsp3) is 0.462. The van der Waals surface area contributed by atoms with E-state index >= 15 is 0 Å². The van der Waals surface area contributed by atoms with Gasteiger partial charge in [-0.1, -0.05) is 6.92 Å². The maximum absolute atomic E-state index is 11.2. The quantitative estimate of drug-likeness (QED) is 0.655. The van der Waals surface area contributed by atoms with E-state index in [9.17, 15) is 13.2 Å². The SMILES string of the molecule is CCS(=O)(=O)CCNCCOc1ccc(C(=O)O)cc1. The number of carboxylic acids is 1. The fourth-order valence-corrected chi connectivity index (χ4v) is 2.18. The van der Waals surface area contributed by atoms with Gasteiger partial charge in [-0.3, -0.25) is 0 Å². The summed E-state index contributed by atoms with van der Waals surface area (Å²) in [7, 11) is -2.93. The van der Waals surface area contributed by atoms with Gasteiger partial charge in [-0.25, -0.2) is 13.2 Å². The maximum Gasteiger partial charge on any atom is 0.335 e. The monoisotopic (exact) mass is 301 g/mol. The maximum atomic E-state index is 11.2. The van der Waals surface area contributed by atoms with Crippen molar-refractivity contribution >= 4 is 15.8 Å². The summed E-state index contributed by atoms with van der Waals surface area (Å²) in [5.74, 6) is -0.119. The topological polar surface area (TPSA) is 92.7 Å². The number of rotatable bonds is 9. The smallest absolute Gasteiger partial charge is 0.335 e. The molecule has 1 aromatic rings. The van der Waals surface area contributed by atoms with Gasteiger partial charge in [0.1, 0.15) is 12.4 Å². The highest BCUT2D eigenvalue weighted by Gasteiger charge is 2.05. The Morgan fingerprint density at radius 1 is 1.25 bits per heavy atom. The molecule has 2 N–H and O–H groups in total. The number of hydrogen-bond acceptors (Lipinski definition) is 5. The summed E-state index contributed by atoms with van der Waals surface area (Å²) < 4.78 is 27.8. The van der Waals surface area contributed by atoms with Gasteiger partial charge in [-0.05, 0) is 24.3 Å². The first kappa shape index (κ1) is 16.5. The summed E-state index contributed by atoms with van der Waals surface area (Å²) in [4.78, 5) is 10.7. The molecule has 0 saturated carbocycles. The minimum atomic E-state index is -2.93. The lowest BCUT2D eigenvalue weighted by Gasteiger charge is -2.07. The van der Waals surface area contributed by atoms with Crippen molar-refractivity contribution in [1.29, 1.82) is 0 Å². The number of benzene rings is 1. The number of ether oxygens (including phenoxy) is 1. The van der Waals surface area contributed by atoms with Crippen molar-refractivity contribution in [3.05, 3.63) is 29.8 Å². The lowest BCUT2D eigenvalue weighted by atomic mass is 10.2. The molecule has 20 heavy (non-hydrogen) atoms. The van der Waals surface area contributed by atoms with Gasteiger partial charge in [-0.2, -0.15) is 0 Å². The largest absolute Gasteiger partial charge is 0.492 e. The minimum absolute atomic E-state index is 0.122. The van der Waals surface area contributed by atoms with E-state index in [1.165, 1.54) is 12.1 Å². The predicted molar refractivity (Wildman–Crippen MR) is 76.1 cm³/mol. The lowest BCUT2D eigenvalue weighted by Crippen LogP contribution is -2.27. The zero-order valence-electron chi connectivity index (χ0n) is 11.3. The van der Waals surface area contributed by atoms with Gasteiger partial charge in [0.25, 0.3) is 0 Å². The van der Waals surface area contributed by atoms with Gasteiger partial charge in [0.2, 0.25) is 0 Å². The summed E-state index contributed by atoms with van der Waals surface area (Å²) in [6.07, 6.45) is 0. The van der Waals surface area contributed by atoms with E-state index in [0.29, 0.717) is 25.4 Å². The van der Waals surface area contributed by atoms with Gasteiger partial charge < -0.3 is 15.2 Å². The molecule has 0 unspecified atom stereocenters. The third kappa shape index (κ3) is 6.03. The molecule has 6 nitrogen and oxygen atoms in total. The third-order valence-electron chi connectivity index (χ3n) is 2.68. The Kier molecular flexibility index (Phi) is 6.47. The Morgan fingerprint density at radius 2 is 1.90 bits per heavy atom. The molecule has 1 aromatic carbocycles. The number of carboxylic acid groups (broad SMARTS) is 1. The zero-order valence-corrected chi connectivity index (χ0v) is 12.1. The van der Waals surface area contributed by atoms with E-state index in [1.54, 1.807) is 19.1 Å². The van der Waals surface area contributed by atoms with Gasteiger partial charge >= 0.3 is 5.97 Å². The van der Waals surface area contributed by atoms with E-state index < -0.39 is 15.8 Å². The second-order valence-corrected chi connectivity index (χ2v) is 6.64. The van der Waals surface area contributed by atoms with Crippen LogP contribution in [0.25, 0.3) is 0 Å².